The lowest BCUT2D eigenvalue weighted by Crippen LogP contribution is -2.46. The quantitative estimate of drug-likeness (QED) is 0.745. The number of hydrogen-bond donors (Lipinski definition) is 2. The Bertz CT molecular complexity index is 295. The van der Waals surface area contributed by atoms with E-state index in [-0.39, 0.29) is 17.3 Å². The van der Waals surface area contributed by atoms with Crippen LogP contribution in [-0.2, 0) is 4.79 Å². The number of nitrogens with one attached hydrogen (secondary N) is 1. The van der Waals surface area contributed by atoms with Crippen LogP contribution in [0.1, 0.15) is 27.7 Å². The first-order valence-electron chi connectivity index (χ1n) is 6.04. The average Bonchev–Trinajstić information content (AvgIpc) is 2.32. The van der Waals surface area contributed by atoms with Gasteiger partial charge in [-0.3, -0.25) is 4.79 Å². The summed E-state index contributed by atoms with van der Waals surface area (Å²) in [5.41, 5.74) is 0. The minimum absolute atomic E-state index is 0.0204. The molecular weight excluding hydrogens is 252 g/mol. The van der Waals surface area contributed by atoms with Gasteiger partial charge in [0.15, 0.2) is 0 Å². The van der Waals surface area contributed by atoms with Gasteiger partial charge >= 0.3 is 12.0 Å². The highest BCUT2D eigenvalue weighted by Gasteiger charge is 2.22. The summed E-state index contributed by atoms with van der Waals surface area (Å²) in [5, 5.41) is 11.7. The van der Waals surface area contributed by atoms with Crippen molar-refractivity contribution >= 4 is 23.8 Å². The van der Waals surface area contributed by atoms with Gasteiger partial charge in [0.25, 0.3) is 0 Å². The van der Waals surface area contributed by atoms with Crippen molar-refractivity contribution in [3.63, 3.8) is 0 Å². The molecule has 0 aliphatic carbocycles. The van der Waals surface area contributed by atoms with Crippen molar-refractivity contribution in [2.24, 2.45) is 5.92 Å². The van der Waals surface area contributed by atoms with Crippen molar-refractivity contribution in [2.75, 3.05) is 25.9 Å². The topological polar surface area (TPSA) is 69.6 Å². The molecule has 0 aromatic heterocycles. The normalized spacial score (nSPS) is 12.9. The number of carboxylic acids is 1. The van der Waals surface area contributed by atoms with Gasteiger partial charge in [-0.25, -0.2) is 4.79 Å². The van der Waals surface area contributed by atoms with Gasteiger partial charge in [0.1, 0.15) is 0 Å². The van der Waals surface area contributed by atoms with Crippen LogP contribution in [0.15, 0.2) is 0 Å². The van der Waals surface area contributed by atoms with E-state index in [9.17, 15) is 9.59 Å². The fraction of sp³-hybridized carbons (Fsp3) is 0.833. The van der Waals surface area contributed by atoms with E-state index in [1.54, 1.807) is 18.7 Å². The van der Waals surface area contributed by atoms with Gasteiger partial charge in [0, 0.05) is 24.4 Å². The molecule has 18 heavy (non-hydrogen) atoms. The fourth-order valence-corrected chi connectivity index (χ4v) is 1.45. The minimum atomic E-state index is -0.884. The number of carboxylic acid groups (broad SMARTS) is 1. The maximum Gasteiger partial charge on any atom is 0.317 e. The predicted molar refractivity (Wildman–Crippen MR) is 75.0 cm³/mol. The monoisotopic (exact) mass is 276 g/mol. The van der Waals surface area contributed by atoms with Crippen LogP contribution >= 0.6 is 11.8 Å². The third-order valence-electron chi connectivity index (χ3n) is 2.80. The first kappa shape index (κ1) is 17.1. The molecule has 0 fully saturated rings. The Morgan fingerprint density at radius 3 is 2.39 bits per heavy atom. The minimum Gasteiger partial charge on any atom is -0.481 e. The van der Waals surface area contributed by atoms with Crippen molar-refractivity contribution in [2.45, 2.75) is 32.4 Å². The Hall–Kier alpha value is -0.910. The number of amides is 2. The molecule has 1 atom stereocenters. The van der Waals surface area contributed by atoms with Crippen molar-refractivity contribution < 1.29 is 14.7 Å². The highest BCUT2D eigenvalue weighted by molar-refractivity contribution is 7.99. The molecule has 0 radical (unpaired) electrons. The van der Waals surface area contributed by atoms with E-state index in [2.05, 4.69) is 5.32 Å². The van der Waals surface area contributed by atoms with Gasteiger partial charge in [-0.2, -0.15) is 11.8 Å². The SMILES string of the molecule is CCN(CC(C)C(=O)O)C(=O)NCC(C)(C)SC. The molecule has 0 aliphatic rings. The Morgan fingerprint density at radius 2 is 2.00 bits per heavy atom. The Balaban J connectivity index is 4.32. The van der Waals surface area contributed by atoms with Gasteiger partial charge in [-0.05, 0) is 27.0 Å². The molecule has 2 amide bonds. The zero-order valence-corrected chi connectivity index (χ0v) is 12.6. The largest absolute Gasteiger partial charge is 0.481 e. The van der Waals surface area contributed by atoms with Crippen LogP contribution in [0, 0.1) is 5.92 Å². The van der Waals surface area contributed by atoms with Crippen molar-refractivity contribution in [3.8, 4) is 0 Å². The molecule has 0 aliphatic heterocycles. The maximum atomic E-state index is 11.9. The van der Waals surface area contributed by atoms with Crippen LogP contribution in [-0.4, -0.2) is 52.6 Å². The summed E-state index contributed by atoms with van der Waals surface area (Å²) in [6.45, 7) is 8.84. The molecule has 0 bridgehead atoms. The molecule has 0 saturated carbocycles. The number of urea groups is 1. The highest BCUT2D eigenvalue weighted by atomic mass is 32.2. The van der Waals surface area contributed by atoms with Gasteiger partial charge < -0.3 is 15.3 Å². The smallest absolute Gasteiger partial charge is 0.317 e. The summed E-state index contributed by atoms with van der Waals surface area (Å²) in [4.78, 5) is 24.2. The number of rotatable bonds is 7. The summed E-state index contributed by atoms with van der Waals surface area (Å²) in [5.74, 6) is -1.44. The molecule has 0 saturated heterocycles. The van der Waals surface area contributed by atoms with Gasteiger partial charge in [-0.15, -0.1) is 0 Å². The van der Waals surface area contributed by atoms with Crippen LogP contribution in [0.25, 0.3) is 0 Å². The summed E-state index contributed by atoms with van der Waals surface area (Å²) in [7, 11) is 0. The number of hydrogen-bond acceptors (Lipinski definition) is 3. The van der Waals surface area contributed by atoms with Gasteiger partial charge in [-0.1, -0.05) is 6.92 Å². The Labute approximate surface area is 113 Å². The molecule has 0 aromatic carbocycles. The molecule has 5 nitrogen and oxygen atoms in total. The second kappa shape index (κ2) is 7.51. The van der Waals surface area contributed by atoms with E-state index in [0.717, 1.165) is 0 Å². The molecular formula is C12H24N2O3S. The summed E-state index contributed by atoms with van der Waals surface area (Å²) in [6.07, 6.45) is 2.00. The second-order valence-corrected chi connectivity index (χ2v) is 6.41. The third kappa shape index (κ3) is 6.14. The van der Waals surface area contributed by atoms with Crippen LogP contribution < -0.4 is 5.32 Å². The summed E-state index contributed by atoms with van der Waals surface area (Å²) < 4.78 is -0.0204. The van der Waals surface area contributed by atoms with E-state index >= 15 is 0 Å². The zero-order chi connectivity index (χ0) is 14.3. The molecule has 0 spiro atoms. The van der Waals surface area contributed by atoms with Crippen LogP contribution in [0.2, 0.25) is 0 Å². The maximum absolute atomic E-state index is 11.9. The molecule has 6 heteroatoms. The standard InChI is InChI=1S/C12H24N2O3S/c1-6-14(7-9(2)10(15)16)11(17)13-8-12(3,4)18-5/h9H,6-8H2,1-5H3,(H,13,17)(H,15,16). The molecule has 2 N–H and O–H groups in total. The lowest BCUT2D eigenvalue weighted by atomic mass is 10.2. The van der Waals surface area contributed by atoms with E-state index in [4.69, 9.17) is 5.11 Å². The van der Waals surface area contributed by atoms with Gasteiger partial charge in [0.2, 0.25) is 0 Å². The fourth-order valence-electron chi connectivity index (χ4n) is 1.24. The van der Waals surface area contributed by atoms with E-state index < -0.39 is 11.9 Å². The predicted octanol–water partition coefficient (Wildman–Crippen LogP) is 1.88. The van der Waals surface area contributed by atoms with Gasteiger partial charge in [0.05, 0.1) is 5.92 Å². The third-order valence-corrected chi connectivity index (χ3v) is 4.05. The first-order valence-corrected chi connectivity index (χ1v) is 7.26. The number of aliphatic carboxylic acids is 1. The van der Waals surface area contributed by atoms with Crippen molar-refractivity contribution in [3.05, 3.63) is 0 Å². The van der Waals surface area contributed by atoms with E-state index in [1.165, 1.54) is 4.90 Å². The first-order chi connectivity index (χ1) is 8.23. The lowest BCUT2D eigenvalue weighted by molar-refractivity contribution is -0.141. The average molecular weight is 276 g/mol. The van der Waals surface area contributed by atoms with Crippen LogP contribution in [0.4, 0.5) is 4.79 Å². The van der Waals surface area contributed by atoms with Crippen molar-refractivity contribution in [1.29, 1.82) is 0 Å². The molecule has 0 aromatic rings. The number of carbonyl (C=O) groups is 2. The van der Waals surface area contributed by atoms with Crippen LogP contribution in [0.5, 0.6) is 0 Å². The Morgan fingerprint density at radius 1 is 1.44 bits per heavy atom. The van der Waals surface area contributed by atoms with Crippen molar-refractivity contribution in [1.82, 2.24) is 10.2 Å². The molecule has 0 heterocycles. The van der Waals surface area contributed by atoms with Crippen LogP contribution in [0.3, 0.4) is 0 Å². The molecule has 0 rings (SSSR count). The molecule has 106 valence electrons. The summed E-state index contributed by atoms with van der Waals surface area (Å²) in [6, 6.07) is -0.201. The highest BCUT2D eigenvalue weighted by Crippen LogP contribution is 2.19. The zero-order valence-electron chi connectivity index (χ0n) is 11.8. The number of nitrogens with zero attached hydrogens (tertiary/aromatic N) is 1. The van der Waals surface area contributed by atoms with E-state index in [0.29, 0.717) is 13.1 Å². The second-order valence-electron chi connectivity index (χ2n) is 4.90. The number of thioether (sulfide) groups is 1. The number of carbonyl (C=O) groups excluding carboxylic acids is 1. The summed E-state index contributed by atoms with van der Waals surface area (Å²) >= 11 is 1.68. The molecule has 1 unspecified atom stereocenters. The lowest BCUT2D eigenvalue weighted by Gasteiger charge is -2.27. The van der Waals surface area contributed by atoms with E-state index in [1.807, 2.05) is 27.0 Å². The Kier molecular flexibility index (Phi) is 7.13.